The Hall–Kier alpha value is -0.170. The van der Waals surface area contributed by atoms with E-state index in [4.69, 9.17) is 5.84 Å². The second kappa shape index (κ2) is 6.32. The van der Waals surface area contributed by atoms with E-state index in [9.17, 15) is 0 Å². The van der Waals surface area contributed by atoms with Crippen molar-refractivity contribution >= 4 is 23.5 Å². The molecule has 1 aromatic rings. The fourth-order valence-electron chi connectivity index (χ4n) is 2.11. The first-order valence-corrected chi connectivity index (χ1v) is 8.30. The quantitative estimate of drug-likeness (QED) is 0.647. The van der Waals surface area contributed by atoms with Gasteiger partial charge in [-0.3, -0.25) is 11.3 Å². The molecule has 0 bridgehead atoms. The summed E-state index contributed by atoms with van der Waals surface area (Å²) in [6.45, 7) is 4.62. The molecule has 1 aliphatic heterocycles. The van der Waals surface area contributed by atoms with Crippen molar-refractivity contribution in [3.05, 3.63) is 18.2 Å². The van der Waals surface area contributed by atoms with Crippen LogP contribution in [-0.4, -0.2) is 37.1 Å². The Bertz CT molecular complexity index is 382. The molecule has 0 aromatic carbocycles. The van der Waals surface area contributed by atoms with Crippen molar-refractivity contribution in [1.82, 2.24) is 15.0 Å². The van der Waals surface area contributed by atoms with Crippen LogP contribution in [0.25, 0.3) is 0 Å². The molecular weight excluding hydrogens is 264 g/mol. The summed E-state index contributed by atoms with van der Waals surface area (Å²) in [7, 11) is 2.03. The van der Waals surface area contributed by atoms with Gasteiger partial charge in [0.25, 0.3) is 0 Å². The fourth-order valence-corrected chi connectivity index (χ4v) is 5.22. The minimum Gasteiger partial charge on any atom is -0.338 e. The number of aromatic nitrogens is 2. The van der Waals surface area contributed by atoms with Crippen LogP contribution in [0.2, 0.25) is 0 Å². The second-order valence-corrected chi connectivity index (χ2v) is 7.88. The number of nitrogens with two attached hydrogens (primary N) is 1. The fraction of sp³-hybridized carbons (Fsp3) is 0.750. The lowest BCUT2D eigenvalue weighted by atomic mass is 10.1. The monoisotopic (exact) mass is 286 g/mol. The van der Waals surface area contributed by atoms with Gasteiger partial charge in [0.2, 0.25) is 0 Å². The summed E-state index contributed by atoms with van der Waals surface area (Å²) in [6.07, 6.45) is 4.71. The highest BCUT2D eigenvalue weighted by Crippen LogP contribution is 2.37. The van der Waals surface area contributed by atoms with E-state index in [-0.39, 0.29) is 0 Å². The van der Waals surface area contributed by atoms with Crippen LogP contribution in [0.3, 0.4) is 0 Å². The standard InChI is InChI=1S/C12H22N4S2/c1-8-9(2)18-11(7-17-8)10(15-13)6-12-14-4-5-16(12)3/h4-5,8-11,15H,6-7,13H2,1-3H3. The summed E-state index contributed by atoms with van der Waals surface area (Å²) < 4.78 is 2.07. The molecule has 6 heteroatoms. The van der Waals surface area contributed by atoms with E-state index in [1.54, 1.807) is 0 Å². The molecule has 1 fully saturated rings. The highest BCUT2D eigenvalue weighted by atomic mass is 32.2. The summed E-state index contributed by atoms with van der Waals surface area (Å²) in [5.41, 5.74) is 2.99. The van der Waals surface area contributed by atoms with E-state index < -0.39 is 0 Å². The van der Waals surface area contributed by atoms with Gasteiger partial charge in [-0.05, 0) is 0 Å². The Morgan fingerprint density at radius 1 is 1.56 bits per heavy atom. The molecule has 18 heavy (non-hydrogen) atoms. The summed E-state index contributed by atoms with van der Waals surface area (Å²) in [5.74, 6) is 8.00. The maximum absolute atomic E-state index is 5.74. The molecule has 1 aromatic heterocycles. The third-order valence-electron chi connectivity index (χ3n) is 3.56. The zero-order valence-electron chi connectivity index (χ0n) is 11.2. The van der Waals surface area contributed by atoms with Crippen molar-refractivity contribution in [3.8, 4) is 0 Å². The van der Waals surface area contributed by atoms with Gasteiger partial charge in [0.15, 0.2) is 0 Å². The van der Waals surface area contributed by atoms with E-state index in [0.29, 0.717) is 16.5 Å². The average molecular weight is 286 g/mol. The maximum atomic E-state index is 5.74. The first kappa shape index (κ1) is 14.2. The number of aryl methyl sites for hydroxylation is 1. The van der Waals surface area contributed by atoms with Crippen LogP contribution in [0.15, 0.2) is 12.4 Å². The molecule has 102 valence electrons. The number of hydrogen-bond donors (Lipinski definition) is 2. The lowest BCUT2D eigenvalue weighted by molar-refractivity contribution is 0.504. The first-order chi connectivity index (χ1) is 8.61. The van der Waals surface area contributed by atoms with Crippen LogP contribution < -0.4 is 11.3 Å². The Kier molecular flexibility index (Phi) is 5.00. The molecule has 1 saturated heterocycles. The molecule has 1 aliphatic rings. The second-order valence-electron chi connectivity index (χ2n) is 4.85. The van der Waals surface area contributed by atoms with Gasteiger partial charge in [-0.15, -0.1) is 0 Å². The molecule has 0 radical (unpaired) electrons. The number of nitrogens with one attached hydrogen (secondary N) is 1. The average Bonchev–Trinajstić information content (AvgIpc) is 2.75. The van der Waals surface area contributed by atoms with Gasteiger partial charge in [-0.2, -0.15) is 23.5 Å². The molecular formula is C12H22N4S2. The zero-order chi connectivity index (χ0) is 13.1. The molecule has 2 heterocycles. The van der Waals surface area contributed by atoms with Gasteiger partial charge in [0.1, 0.15) is 5.82 Å². The largest absolute Gasteiger partial charge is 0.338 e. The minimum absolute atomic E-state index is 0.290. The number of hydrazine groups is 1. The van der Waals surface area contributed by atoms with Crippen LogP contribution in [-0.2, 0) is 13.5 Å². The van der Waals surface area contributed by atoms with Gasteiger partial charge in [0, 0.05) is 53.4 Å². The Labute approximate surface area is 117 Å². The van der Waals surface area contributed by atoms with E-state index in [2.05, 4.69) is 52.3 Å². The van der Waals surface area contributed by atoms with E-state index in [1.807, 2.05) is 19.4 Å². The first-order valence-electron chi connectivity index (χ1n) is 6.31. The smallest absolute Gasteiger partial charge is 0.110 e. The number of rotatable bonds is 4. The van der Waals surface area contributed by atoms with Crippen molar-refractivity contribution in [2.75, 3.05) is 5.75 Å². The molecule has 0 amide bonds. The van der Waals surface area contributed by atoms with Crippen molar-refractivity contribution in [1.29, 1.82) is 0 Å². The number of imidazole rings is 1. The van der Waals surface area contributed by atoms with Crippen LogP contribution in [0.1, 0.15) is 19.7 Å². The van der Waals surface area contributed by atoms with Gasteiger partial charge in [-0.1, -0.05) is 13.8 Å². The Morgan fingerprint density at radius 2 is 2.33 bits per heavy atom. The lowest BCUT2D eigenvalue weighted by Crippen LogP contribution is -2.48. The highest BCUT2D eigenvalue weighted by molar-refractivity contribution is 8.07. The SMILES string of the molecule is CC1SCC(C(Cc2nccn2C)NN)SC1C. The van der Waals surface area contributed by atoms with Crippen molar-refractivity contribution < 1.29 is 0 Å². The normalized spacial score (nSPS) is 30.3. The number of thioether (sulfide) groups is 2. The summed E-state index contributed by atoms with van der Waals surface area (Å²) >= 11 is 4.11. The van der Waals surface area contributed by atoms with Crippen LogP contribution in [0.5, 0.6) is 0 Å². The van der Waals surface area contributed by atoms with Gasteiger partial charge >= 0.3 is 0 Å². The third-order valence-corrected chi connectivity index (χ3v) is 7.11. The molecule has 4 atom stereocenters. The molecule has 4 nitrogen and oxygen atoms in total. The minimum atomic E-state index is 0.290. The molecule has 0 saturated carbocycles. The van der Waals surface area contributed by atoms with Crippen molar-refractivity contribution in [2.45, 2.75) is 42.1 Å². The summed E-state index contributed by atoms with van der Waals surface area (Å²) in [5, 5.41) is 1.98. The summed E-state index contributed by atoms with van der Waals surface area (Å²) in [4.78, 5) is 4.38. The Morgan fingerprint density at radius 3 is 2.89 bits per heavy atom. The highest BCUT2D eigenvalue weighted by Gasteiger charge is 2.31. The van der Waals surface area contributed by atoms with E-state index in [0.717, 1.165) is 23.2 Å². The van der Waals surface area contributed by atoms with Crippen molar-refractivity contribution in [3.63, 3.8) is 0 Å². The lowest BCUT2D eigenvalue weighted by Gasteiger charge is -2.35. The van der Waals surface area contributed by atoms with Gasteiger partial charge < -0.3 is 4.57 Å². The molecule has 0 spiro atoms. The van der Waals surface area contributed by atoms with Crippen LogP contribution in [0, 0.1) is 0 Å². The molecule has 0 aliphatic carbocycles. The van der Waals surface area contributed by atoms with E-state index in [1.165, 1.54) is 0 Å². The predicted molar refractivity (Wildman–Crippen MR) is 80.8 cm³/mol. The maximum Gasteiger partial charge on any atom is 0.110 e. The molecule has 2 rings (SSSR count). The number of nitrogens with zero attached hydrogens (tertiary/aromatic N) is 2. The Balaban J connectivity index is 1.99. The van der Waals surface area contributed by atoms with Gasteiger partial charge in [-0.25, -0.2) is 4.98 Å². The van der Waals surface area contributed by atoms with E-state index >= 15 is 0 Å². The summed E-state index contributed by atoms with van der Waals surface area (Å²) in [6, 6.07) is 0.290. The topological polar surface area (TPSA) is 55.9 Å². The van der Waals surface area contributed by atoms with Crippen LogP contribution in [0.4, 0.5) is 0 Å². The zero-order valence-corrected chi connectivity index (χ0v) is 12.8. The molecule has 3 N–H and O–H groups in total. The predicted octanol–water partition coefficient (Wildman–Crippen LogP) is 1.42. The number of hydrogen-bond acceptors (Lipinski definition) is 5. The third kappa shape index (κ3) is 3.23. The van der Waals surface area contributed by atoms with Crippen LogP contribution >= 0.6 is 23.5 Å². The molecule has 4 unspecified atom stereocenters. The van der Waals surface area contributed by atoms with Gasteiger partial charge in [0.05, 0.1) is 0 Å². The van der Waals surface area contributed by atoms with Crippen molar-refractivity contribution in [2.24, 2.45) is 12.9 Å².